The summed E-state index contributed by atoms with van der Waals surface area (Å²) in [5.41, 5.74) is 2.75. The number of nitrogens with one attached hydrogen (secondary N) is 2. The first kappa shape index (κ1) is 14.6. The number of benzene rings is 1. The van der Waals surface area contributed by atoms with Crippen LogP contribution in [0.4, 0.5) is 0 Å². The molecule has 1 aliphatic rings. The number of nitrogens with zero attached hydrogens (tertiary/aromatic N) is 1. The van der Waals surface area contributed by atoms with Gasteiger partial charge in [0.15, 0.2) is 5.17 Å². The van der Waals surface area contributed by atoms with Crippen molar-refractivity contribution in [3.05, 3.63) is 34.9 Å². The summed E-state index contributed by atoms with van der Waals surface area (Å²) in [5.74, 6) is 0.393. The van der Waals surface area contributed by atoms with E-state index in [-0.39, 0.29) is 18.4 Å². The highest BCUT2D eigenvalue weighted by molar-refractivity contribution is 8.14. The first-order chi connectivity index (χ1) is 9.56. The Hall–Kier alpha value is -1.82. The molecule has 0 bridgehead atoms. The van der Waals surface area contributed by atoms with Gasteiger partial charge in [0.1, 0.15) is 0 Å². The van der Waals surface area contributed by atoms with Crippen molar-refractivity contribution >= 4 is 28.7 Å². The molecule has 2 amide bonds. The number of amides is 2. The van der Waals surface area contributed by atoms with Crippen LogP contribution in [0.2, 0.25) is 0 Å². The summed E-state index contributed by atoms with van der Waals surface area (Å²) in [4.78, 5) is 27.7. The van der Waals surface area contributed by atoms with Crippen molar-refractivity contribution in [1.82, 2.24) is 10.6 Å². The normalized spacial score (nSPS) is 13.8. The molecule has 1 aromatic carbocycles. The van der Waals surface area contributed by atoms with Crippen LogP contribution in [0.3, 0.4) is 0 Å². The monoisotopic (exact) mass is 291 g/mol. The van der Waals surface area contributed by atoms with E-state index in [2.05, 4.69) is 15.6 Å². The smallest absolute Gasteiger partial charge is 0.251 e. The predicted octanol–water partition coefficient (Wildman–Crippen LogP) is 1.25. The Morgan fingerprint density at radius 3 is 2.75 bits per heavy atom. The number of rotatable bonds is 3. The highest BCUT2D eigenvalue weighted by Gasteiger charge is 2.12. The SMILES string of the molecule is Cc1ccc(C(=O)NCC(=O)NC2=NCCS2)cc1C. The van der Waals surface area contributed by atoms with Crippen molar-refractivity contribution in [1.29, 1.82) is 0 Å². The van der Waals surface area contributed by atoms with Crippen molar-refractivity contribution in [3.63, 3.8) is 0 Å². The Labute approximate surface area is 122 Å². The summed E-state index contributed by atoms with van der Waals surface area (Å²) in [7, 11) is 0. The zero-order valence-electron chi connectivity index (χ0n) is 11.5. The minimum atomic E-state index is -0.254. The van der Waals surface area contributed by atoms with Crippen LogP contribution in [0.5, 0.6) is 0 Å². The first-order valence-corrected chi connectivity index (χ1v) is 7.37. The van der Waals surface area contributed by atoms with E-state index in [1.165, 1.54) is 11.8 Å². The van der Waals surface area contributed by atoms with Crippen LogP contribution in [0, 0.1) is 13.8 Å². The van der Waals surface area contributed by atoms with Gasteiger partial charge in [0.25, 0.3) is 5.91 Å². The number of carbonyl (C=O) groups excluding carboxylic acids is 2. The Balaban J connectivity index is 1.85. The molecule has 5 nitrogen and oxygen atoms in total. The van der Waals surface area contributed by atoms with E-state index >= 15 is 0 Å². The molecule has 1 heterocycles. The summed E-state index contributed by atoms with van der Waals surface area (Å²) in [6.07, 6.45) is 0. The Bertz CT molecular complexity index is 570. The molecule has 0 radical (unpaired) electrons. The molecule has 0 atom stereocenters. The molecule has 6 heteroatoms. The number of amidine groups is 1. The fourth-order valence-corrected chi connectivity index (χ4v) is 2.46. The maximum atomic E-state index is 11.9. The van der Waals surface area contributed by atoms with Gasteiger partial charge in [0.2, 0.25) is 5.91 Å². The van der Waals surface area contributed by atoms with E-state index < -0.39 is 0 Å². The molecule has 0 saturated heterocycles. The zero-order valence-corrected chi connectivity index (χ0v) is 12.3. The lowest BCUT2D eigenvalue weighted by Crippen LogP contribution is -2.38. The van der Waals surface area contributed by atoms with Crippen LogP contribution >= 0.6 is 11.8 Å². The molecule has 2 rings (SSSR count). The summed E-state index contributed by atoms with van der Waals surface area (Å²) in [6, 6.07) is 5.47. The standard InChI is InChI=1S/C14H17N3O2S/c1-9-3-4-11(7-10(9)2)13(19)16-8-12(18)17-14-15-5-6-20-14/h3-4,7H,5-6,8H2,1-2H3,(H,16,19)(H,15,17,18). The van der Waals surface area contributed by atoms with E-state index in [0.29, 0.717) is 10.7 Å². The van der Waals surface area contributed by atoms with Crippen LogP contribution in [0.15, 0.2) is 23.2 Å². The van der Waals surface area contributed by atoms with Crippen LogP contribution in [0.25, 0.3) is 0 Å². The number of hydrogen-bond donors (Lipinski definition) is 2. The van der Waals surface area contributed by atoms with E-state index in [1.807, 2.05) is 26.0 Å². The van der Waals surface area contributed by atoms with Gasteiger partial charge in [-0.05, 0) is 37.1 Å². The van der Waals surface area contributed by atoms with Gasteiger partial charge >= 0.3 is 0 Å². The largest absolute Gasteiger partial charge is 0.343 e. The molecule has 2 N–H and O–H groups in total. The predicted molar refractivity (Wildman–Crippen MR) is 81.2 cm³/mol. The van der Waals surface area contributed by atoms with Gasteiger partial charge in [-0.2, -0.15) is 0 Å². The fraction of sp³-hybridized carbons (Fsp3) is 0.357. The van der Waals surface area contributed by atoms with E-state index in [4.69, 9.17) is 0 Å². The fourth-order valence-electron chi connectivity index (χ4n) is 1.72. The van der Waals surface area contributed by atoms with Gasteiger partial charge in [-0.25, -0.2) is 0 Å². The summed E-state index contributed by atoms with van der Waals surface area (Å²) >= 11 is 1.51. The lowest BCUT2D eigenvalue weighted by molar-refractivity contribution is -0.118. The molecule has 0 saturated carbocycles. The van der Waals surface area contributed by atoms with Crippen LogP contribution in [-0.4, -0.2) is 35.8 Å². The molecule has 0 spiro atoms. The lowest BCUT2D eigenvalue weighted by Gasteiger charge is -2.07. The molecule has 1 aromatic rings. The van der Waals surface area contributed by atoms with Crippen LogP contribution in [0.1, 0.15) is 21.5 Å². The minimum absolute atomic E-state index is 0.0503. The van der Waals surface area contributed by atoms with E-state index in [1.54, 1.807) is 6.07 Å². The topological polar surface area (TPSA) is 70.6 Å². The maximum absolute atomic E-state index is 11.9. The van der Waals surface area contributed by atoms with Crippen molar-refractivity contribution in [2.75, 3.05) is 18.8 Å². The highest BCUT2D eigenvalue weighted by atomic mass is 32.2. The molecular weight excluding hydrogens is 274 g/mol. The Morgan fingerprint density at radius 1 is 1.30 bits per heavy atom. The summed E-state index contributed by atoms with van der Waals surface area (Å²) in [5, 5.41) is 5.90. The van der Waals surface area contributed by atoms with Gasteiger partial charge in [0, 0.05) is 11.3 Å². The van der Waals surface area contributed by atoms with Crippen molar-refractivity contribution in [3.8, 4) is 0 Å². The Morgan fingerprint density at radius 2 is 2.10 bits per heavy atom. The zero-order chi connectivity index (χ0) is 14.5. The highest BCUT2D eigenvalue weighted by Crippen LogP contribution is 2.10. The second-order valence-electron chi connectivity index (χ2n) is 4.57. The second kappa shape index (κ2) is 6.56. The third-order valence-electron chi connectivity index (χ3n) is 3.01. The molecule has 0 aromatic heterocycles. The van der Waals surface area contributed by atoms with Crippen LogP contribution < -0.4 is 10.6 Å². The van der Waals surface area contributed by atoms with Crippen molar-refractivity contribution < 1.29 is 9.59 Å². The number of carbonyl (C=O) groups is 2. The molecule has 1 aliphatic heterocycles. The Kier molecular flexibility index (Phi) is 4.79. The second-order valence-corrected chi connectivity index (χ2v) is 5.65. The average molecular weight is 291 g/mol. The van der Waals surface area contributed by atoms with Gasteiger partial charge in [0.05, 0.1) is 13.1 Å². The van der Waals surface area contributed by atoms with E-state index in [0.717, 1.165) is 23.4 Å². The number of aliphatic imine (C=N–C) groups is 1. The molecule has 20 heavy (non-hydrogen) atoms. The van der Waals surface area contributed by atoms with Gasteiger partial charge in [-0.15, -0.1) is 0 Å². The molecule has 0 unspecified atom stereocenters. The maximum Gasteiger partial charge on any atom is 0.251 e. The number of hydrogen-bond acceptors (Lipinski definition) is 4. The molecule has 0 fully saturated rings. The van der Waals surface area contributed by atoms with Crippen molar-refractivity contribution in [2.24, 2.45) is 4.99 Å². The summed E-state index contributed by atoms with van der Waals surface area (Å²) in [6.45, 7) is 4.62. The van der Waals surface area contributed by atoms with Gasteiger partial charge in [-0.1, -0.05) is 17.8 Å². The molecule has 0 aliphatic carbocycles. The van der Waals surface area contributed by atoms with Gasteiger partial charge < -0.3 is 10.6 Å². The van der Waals surface area contributed by atoms with Crippen molar-refractivity contribution in [2.45, 2.75) is 13.8 Å². The molecular formula is C14H17N3O2S. The molecule has 106 valence electrons. The quantitative estimate of drug-likeness (QED) is 0.880. The third-order valence-corrected chi connectivity index (χ3v) is 3.90. The average Bonchev–Trinajstić information content (AvgIpc) is 2.92. The third kappa shape index (κ3) is 3.84. The lowest BCUT2D eigenvalue weighted by atomic mass is 10.1. The minimum Gasteiger partial charge on any atom is -0.343 e. The van der Waals surface area contributed by atoms with E-state index in [9.17, 15) is 9.59 Å². The first-order valence-electron chi connectivity index (χ1n) is 6.39. The van der Waals surface area contributed by atoms with Crippen LogP contribution in [-0.2, 0) is 4.79 Å². The van der Waals surface area contributed by atoms with Gasteiger partial charge in [-0.3, -0.25) is 14.6 Å². The number of aryl methyl sites for hydroxylation is 2. The summed E-state index contributed by atoms with van der Waals surface area (Å²) < 4.78 is 0. The number of thioether (sulfide) groups is 1.